The molecular formula is C17H23NO3. The topological polar surface area (TPSA) is 58.6 Å². The van der Waals surface area contributed by atoms with Crippen LogP contribution in [0, 0.1) is 5.92 Å². The monoisotopic (exact) mass is 289 g/mol. The number of hydrogen-bond donors (Lipinski definition) is 2. The summed E-state index contributed by atoms with van der Waals surface area (Å²) in [5.74, 6) is 0.646. The Hall–Kier alpha value is -1.39. The summed E-state index contributed by atoms with van der Waals surface area (Å²) in [5.41, 5.74) is 2.20. The average molecular weight is 289 g/mol. The van der Waals surface area contributed by atoms with Gasteiger partial charge >= 0.3 is 0 Å². The van der Waals surface area contributed by atoms with Crippen molar-refractivity contribution in [2.24, 2.45) is 5.92 Å². The molecule has 3 rings (SSSR count). The van der Waals surface area contributed by atoms with Crippen molar-refractivity contribution in [1.82, 2.24) is 5.32 Å². The summed E-state index contributed by atoms with van der Waals surface area (Å²) in [5, 5.41) is 13.1. The van der Waals surface area contributed by atoms with Crippen molar-refractivity contribution < 1.29 is 14.6 Å². The Morgan fingerprint density at radius 1 is 1.29 bits per heavy atom. The minimum Gasteiger partial charge on any atom is -0.390 e. The molecule has 1 aliphatic heterocycles. The summed E-state index contributed by atoms with van der Waals surface area (Å²) >= 11 is 0. The van der Waals surface area contributed by atoms with E-state index in [2.05, 4.69) is 5.32 Å². The van der Waals surface area contributed by atoms with Crippen LogP contribution in [-0.2, 0) is 16.0 Å². The lowest BCUT2D eigenvalue weighted by atomic mass is 9.94. The summed E-state index contributed by atoms with van der Waals surface area (Å²) in [6, 6.07) is 7.70. The van der Waals surface area contributed by atoms with E-state index in [-0.39, 0.29) is 11.9 Å². The number of benzene rings is 1. The molecule has 0 spiro atoms. The summed E-state index contributed by atoms with van der Waals surface area (Å²) in [4.78, 5) is 12.1. The fourth-order valence-electron chi connectivity index (χ4n) is 3.36. The highest BCUT2D eigenvalue weighted by Crippen LogP contribution is 2.31. The molecule has 0 aromatic heterocycles. The molecular weight excluding hydrogens is 266 g/mol. The number of aliphatic hydroxyl groups is 1. The molecule has 1 aromatic rings. The predicted molar refractivity (Wildman–Crippen MR) is 79.8 cm³/mol. The van der Waals surface area contributed by atoms with Gasteiger partial charge in [0.1, 0.15) is 0 Å². The summed E-state index contributed by atoms with van der Waals surface area (Å²) in [6.07, 6.45) is 3.69. The Morgan fingerprint density at radius 3 is 2.86 bits per heavy atom. The molecule has 2 atom stereocenters. The molecule has 1 heterocycles. The molecule has 1 aromatic carbocycles. The van der Waals surface area contributed by atoms with Crippen molar-refractivity contribution in [3.05, 3.63) is 35.4 Å². The number of fused-ring (bicyclic) bond motifs is 1. The van der Waals surface area contributed by atoms with Crippen molar-refractivity contribution in [2.75, 3.05) is 13.2 Å². The van der Waals surface area contributed by atoms with Gasteiger partial charge in [0.15, 0.2) is 0 Å². The van der Waals surface area contributed by atoms with Gasteiger partial charge in [0.05, 0.1) is 12.1 Å². The Balaban J connectivity index is 1.52. The first-order chi connectivity index (χ1) is 10.2. The van der Waals surface area contributed by atoms with E-state index in [0.717, 1.165) is 43.6 Å². The van der Waals surface area contributed by atoms with E-state index in [0.29, 0.717) is 18.8 Å². The van der Waals surface area contributed by atoms with Crippen molar-refractivity contribution in [3.8, 4) is 0 Å². The van der Waals surface area contributed by atoms with E-state index in [4.69, 9.17) is 4.74 Å². The number of rotatable bonds is 4. The van der Waals surface area contributed by atoms with Crippen molar-refractivity contribution in [3.63, 3.8) is 0 Å². The second kappa shape index (κ2) is 6.58. The largest absolute Gasteiger partial charge is 0.390 e. The van der Waals surface area contributed by atoms with Gasteiger partial charge in [-0.05, 0) is 36.3 Å². The molecule has 2 N–H and O–H groups in total. The van der Waals surface area contributed by atoms with Gasteiger partial charge in [-0.25, -0.2) is 0 Å². The maximum Gasteiger partial charge on any atom is 0.220 e. The van der Waals surface area contributed by atoms with Gasteiger partial charge in [-0.2, -0.15) is 0 Å². The van der Waals surface area contributed by atoms with E-state index in [1.165, 1.54) is 0 Å². The van der Waals surface area contributed by atoms with Gasteiger partial charge in [0.25, 0.3) is 0 Å². The fraction of sp³-hybridized carbons (Fsp3) is 0.588. The third-order valence-electron chi connectivity index (χ3n) is 4.64. The van der Waals surface area contributed by atoms with Crippen LogP contribution in [0.25, 0.3) is 0 Å². The molecule has 0 saturated carbocycles. The normalized spacial score (nSPS) is 25.6. The van der Waals surface area contributed by atoms with Crippen LogP contribution in [0.4, 0.5) is 0 Å². The Kier molecular flexibility index (Phi) is 4.56. The second-order valence-electron chi connectivity index (χ2n) is 6.11. The molecule has 1 aliphatic carbocycles. The molecule has 1 amide bonds. The van der Waals surface area contributed by atoms with Crippen LogP contribution in [0.1, 0.15) is 42.9 Å². The van der Waals surface area contributed by atoms with Crippen LogP contribution in [0.15, 0.2) is 24.3 Å². The SMILES string of the molecule is O=C(CCC1CCOCC1)NC1c2ccccc2CC1O. The minimum absolute atomic E-state index is 0.0437. The quantitative estimate of drug-likeness (QED) is 0.891. The number of carbonyl (C=O) groups is 1. The highest BCUT2D eigenvalue weighted by molar-refractivity contribution is 5.76. The van der Waals surface area contributed by atoms with Crippen LogP contribution < -0.4 is 5.32 Å². The van der Waals surface area contributed by atoms with E-state index in [1.807, 2.05) is 24.3 Å². The van der Waals surface area contributed by atoms with Gasteiger partial charge in [-0.1, -0.05) is 24.3 Å². The zero-order valence-corrected chi connectivity index (χ0v) is 12.3. The second-order valence-corrected chi connectivity index (χ2v) is 6.11. The van der Waals surface area contributed by atoms with Crippen LogP contribution in [0.5, 0.6) is 0 Å². The summed E-state index contributed by atoms with van der Waals surface area (Å²) in [6.45, 7) is 1.64. The van der Waals surface area contributed by atoms with Crippen molar-refractivity contribution in [2.45, 2.75) is 44.2 Å². The first kappa shape index (κ1) is 14.5. The molecule has 21 heavy (non-hydrogen) atoms. The van der Waals surface area contributed by atoms with Crippen molar-refractivity contribution >= 4 is 5.91 Å². The number of aliphatic hydroxyl groups excluding tert-OH is 1. The third kappa shape index (κ3) is 3.44. The van der Waals surface area contributed by atoms with Crippen LogP contribution in [0.2, 0.25) is 0 Å². The van der Waals surface area contributed by atoms with Gasteiger partial charge in [0, 0.05) is 26.1 Å². The number of hydrogen-bond acceptors (Lipinski definition) is 3. The van der Waals surface area contributed by atoms with E-state index < -0.39 is 6.10 Å². The lowest BCUT2D eigenvalue weighted by molar-refractivity contribution is -0.123. The first-order valence-corrected chi connectivity index (χ1v) is 7.87. The highest BCUT2D eigenvalue weighted by atomic mass is 16.5. The third-order valence-corrected chi connectivity index (χ3v) is 4.64. The lowest BCUT2D eigenvalue weighted by Gasteiger charge is -2.22. The van der Waals surface area contributed by atoms with Gasteiger partial charge < -0.3 is 15.2 Å². The predicted octanol–water partition coefficient (Wildman–Crippen LogP) is 1.97. The van der Waals surface area contributed by atoms with E-state index in [9.17, 15) is 9.90 Å². The van der Waals surface area contributed by atoms with E-state index in [1.54, 1.807) is 0 Å². The molecule has 1 fully saturated rings. The smallest absolute Gasteiger partial charge is 0.220 e. The van der Waals surface area contributed by atoms with Crippen molar-refractivity contribution in [1.29, 1.82) is 0 Å². The lowest BCUT2D eigenvalue weighted by Crippen LogP contribution is -2.34. The molecule has 0 radical (unpaired) electrons. The van der Waals surface area contributed by atoms with Crippen LogP contribution in [0.3, 0.4) is 0 Å². The molecule has 4 heteroatoms. The van der Waals surface area contributed by atoms with Crippen LogP contribution >= 0.6 is 0 Å². The maximum atomic E-state index is 12.1. The minimum atomic E-state index is -0.505. The fourth-order valence-corrected chi connectivity index (χ4v) is 3.36. The van der Waals surface area contributed by atoms with Gasteiger partial charge in [-0.15, -0.1) is 0 Å². The first-order valence-electron chi connectivity index (χ1n) is 7.87. The molecule has 4 nitrogen and oxygen atoms in total. The molecule has 2 unspecified atom stereocenters. The van der Waals surface area contributed by atoms with Gasteiger partial charge in [0.2, 0.25) is 5.91 Å². The number of carbonyl (C=O) groups excluding carboxylic acids is 1. The Morgan fingerprint density at radius 2 is 2.05 bits per heavy atom. The van der Waals surface area contributed by atoms with Gasteiger partial charge in [-0.3, -0.25) is 4.79 Å². The number of amides is 1. The van der Waals surface area contributed by atoms with E-state index >= 15 is 0 Å². The summed E-state index contributed by atoms with van der Waals surface area (Å²) in [7, 11) is 0. The molecule has 1 saturated heterocycles. The molecule has 114 valence electrons. The average Bonchev–Trinajstić information content (AvgIpc) is 2.82. The summed E-state index contributed by atoms with van der Waals surface area (Å²) < 4.78 is 5.33. The molecule has 2 aliphatic rings. The molecule has 0 bridgehead atoms. The highest BCUT2D eigenvalue weighted by Gasteiger charge is 2.31. The zero-order chi connectivity index (χ0) is 14.7. The Bertz CT molecular complexity index is 497. The zero-order valence-electron chi connectivity index (χ0n) is 12.3. The number of nitrogens with one attached hydrogen (secondary N) is 1. The number of ether oxygens (including phenoxy) is 1. The standard InChI is InChI=1S/C17H23NO3/c19-15-11-13-3-1-2-4-14(13)17(15)18-16(20)6-5-12-7-9-21-10-8-12/h1-4,12,15,17,19H,5-11H2,(H,18,20). The Labute approximate surface area is 125 Å². The van der Waals surface area contributed by atoms with Crippen LogP contribution in [-0.4, -0.2) is 30.3 Å². The maximum absolute atomic E-state index is 12.1.